The van der Waals surface area contributed by atoms with E-state index in [9.17, 15) is 13.2 Å². The summed E-state index contributed by atoms with van der Waals surface area (Å²) in [7, 11) is 0. The number of rotatable bonds is 3. The van der Waals surface area contributed by atoms with Gasteiger partial charge in [0.25, 0.3) is 0 Å². The Labute approximate surface area is 107 Å². The molecule has 7 heteroatoms. The highest BCUT2D eigenvalue weighted by molar-refractivity contribution is 9.11. The molecule has 2 nitrogen and oxygen atoms in total. The van der Waals surface area contributed by atoms with Gasteiger partial charge in [-0.05, 0) is 34.1 Å². The molecule has 90 valence electrons. The zero-order valence-electron chi connectivity index (χ0n) is 7.85. The fourth-order valence-electron chi connectivity index (χ4n) is 0.955. The molecule has 1 unspecified atom stereocenters. The third kappa shape index (κ3) is 3.95. The smallest absolute Gasteiger partial charge is 0.382 e. The van der Waals surface area contributed by atoms with Crippen LogP contribution in [0.15, 0.2) is 27.1 Å². The summed E-state index contributed by atoms with van der Waals surface area (Å²) in [6.07, 6.45) is -6.97. The van der Waals surface area contributed by atoms with Crippen molar-refractivity contribution in [2.24, 2.45) is 0 Å². The third-order valence-electron chi connectivity index (χ3n) is 1.79. The third-order valence-corrected chi connectivity index (χ3v) is 2.94. The summed E-state index contributed by atoms with van der Waals surface area (Å²) < 4.78 is 37.5. The Bertz CT molecular complexity index is 370. The number of alkyl halides is 3. The van der Waals surface area contributed by atoms with Gasteiger partial charge in [0.1, 0.15) is 0 Å². The Hall–Kier alpha value is -0.270. The van der Waals surface area contributed by atoms with Crippen LogP contribution in [0.5, 0.6) is 0 Å². The molecular weight excluding hydrogens is 355 g/mol. The van der Waals surface area contributed by atoms with Crippen LogP contribution in [-0.2, 0) is 0 Å². The molecule has 0 spiro atoms. The molecule has 1 aromatic carbocycles. The van der Waals surface area contributed by atoms with Gasteiger partial charge in [0.05, 0.1) is 0 Å². The lowest BCUT2D eigenvalue weighted by atomic mass is 10.3. The van der Waals surface area contributed by atoms with E-state index >= 15 is 0 Å². The number of anilines is 1. The van der Waals surface area contributed by atoms with E-state index in [0.29, 0.717) is 10.2 Å². The van der Waals surface area contributed by atoms with Crippen molar-refractivity contribution in [1.29, 1.82) is 0 Å². The van der Waals surface area contributed by atoms with Crippen LogP contribution in [0.4, 0.5) is 18.9 Å². The molecule has 0 aromatic heterocycles. The van der Waals surface area contributed by atoms with Crippen LogP contribution < -0.4 is 5.32 Å². The van der Waals surface area contributed by atoms with Crippen LogP contribution >= 0.6 is 31.9 Å². The number of hydrogen-bond acceptors (Lipinski definition) is 2. The molecule has 0 bridgehead atoms. The summed E-state index contributed by atoms with van der Waals surface area (Å²) in [4.78, 5) is 0. The average molecular weight is 363 g/mol. The van der Waals surface area contributed by atoms with Gasteiger partial charge in [0, 0.05) is 21.2 Å². The molecule has 0 fully saturated rings. The second-order valence-electron chi connectivity index (χ2n) is 3.06. The molecule has 0 saturated heterocycles. The van der Waals surface area contributed by atoms with Gasteiger partial charge in [0.2, 0.25) is 0 Å². The van der Waals surface area contributed by atoms with Crippen LogP contribution in [0.3, 0.4) is 0 Å². The Morgan fingerprint density at radius 3 is 2.44 bits per heavy atom. The first-order chi connectivity index (χ1) is 7.30. The van der Waals surface area contributed by atoms with Gasteiger partial charge in [-0.15, -0.1) is 0 Å². The zero-order valence-corrected chi connectivity index (χ0v) is 11.0. The zero-order chi connectivity index (χ0) is 12.3. The van der Waals surface area contributed by atoms with E-state index in [0.717, 1.165) is 4.47 Å². The number of aliphatic hydroxyl groups excluding tert-OH is 1. The topological polar surface area (TPSA) is 32.3 Å². The van der Waals surface area contributed by atoms with Crippen molar-refractivity contribution >= 4 is 37.5 Å². The monoisotopic (exact) mass is 361 g/mol. The van der Waals surface area contributed by atoms with Gasteiger partial charge >= 0.3 is 6.18 Å². The number of benzene rings is 1. The molecular formula is C9H8Br2F3NO. The SMILES string of the molecule is OC(CNc1ccc(Br)cc1Br)C(F)(F)F. The van der Waals surface area contributed by atoms with E-state index in [-0.39, 0.29) is 0 Å². The molecule has 0 saturated carbocycles. The predicted octanol–water partition coefficient (Wildman–Crippen LogP) is 3.55. The predicted molar refractivity (Wildman–Crippen MR) is 62.4 cm³/mol. The molecule has 16 heavy (non-hydrogen) atoms. The van der Waals surface area contributed by atoms with Crippen molar-refractivity contribution in [3.8, 4) is 0 Å². The highest BCUT2D eigenvalue weighted by Gasteiger charge is 2.37. The average Bonchev–Trinajstić information content (AvgIpc) is 2.14. The van der Waals surface area contributed by atoms with Crippen LogP contribution in [0.2, 0.25) is 0 Å². The second-order valence-corrected chi connectivity index (χ2v) is 4.83. The maximum atomic E-state index is 12.0. The fraction of sp³-hybridized carbons (Fsp3) is 0.333. The van der Waals surface area contributed by atoms with E-state index in [4.69, 9.17) is 5.11 Å². The Balaban J connectivity index is 2.62. The Kier molecular flexibility index (Phi) is 4.63. The minimum Gasteiger partial charge on any atom is -0.382 e. The van der Waals surface area contributed by atoms with Gasteiger partial charge in [-0.2, -0.15) is 13.2 Å². The van der Waals surface area contributed by atoms with Crippen molar-refractivity contribution < 1.29 is 18.3 Å². The minimum absolute atomic E-state index is 0.492. The van der Waals surface area contributed by atoms with E-state index in [2.05, 4.69) is 37.2 Å². The summed E-state index contributed by atoms with van der Waals surface area (Å²) in [5.74, 6) is 0. The molecule has 1 atom stereocenters. The van der Waals surface area contributed by atoms with Gasteiger partial charge in [0.15, 0.2) is 6.10 Å². The lowest BCUT2D eigenvalue weighted by Gasteiger charge is -2.16. The minimum atomic E-state index is -4.60. The quantitative estimate of drug-likeness (QED) is 0.861. The largest absolute Gasteiger partial charge is 0.416 e. The number of nitrogens with one attached hydrogen (secondary N) is 1. The molecule has 0 aliphatic rings. The summed E-state index contributed by atoms with van der Waals surface area (Å²) in [5.41, 5.74) is 0.492. The van der Waals surface area contributed by atoms with Crippen LogP contribution in [-0.4, -0.2) is 23.9 Å². The Morgan fingerprint density at radius 1 is 1.31 bits per heavy atom. The Morgan fingerprint density at radius 2 is 1.94 bits per heavy atom. The van der Waals surface area contributed by atoms with E-state index in [1.807, 2.05) is 0 Å². The molecule has 0 radical (unpaired) electrons. The molecule has 1 aromatic rings. The van der Waals surface area contributed by atoms with Crippen molar-refractivity contribution in [1.82, 2.24) is 0 Å². The van der Waals surface area contributed by atoms with Crippen molar-refractivity contribution in [3.05, 3.63) is 27.1 Å². The van der Waals surface area contributed by atoms with Crippen molar-refractivity contribution in [2.75, 3.05) is 11.9 Å². The number of hydrogen-bond donors (Lipinski definition) is 2. The highest BCUT2D eigenvalue weighted by Crippen LogP contribution is 2.27. The first kappa shape index (κ1) is 13.8. The molecule has 2 N–H and O–H groups in total. The summed E-state index contributed by atoms with van der Waals surface area (Å²) in [5, 5.41) is 11.3. The molecule has 0 heterocycles. The van der Waals surface area contributed by atoms with Gasteiger partial charge < -0.3 is 10.4 Å². The van der Waals surface area contributed by atoms with E-state index in [1.54, 1.807) is 18.2 Å². The lowest BCUT2D eigenvalue weighted by Crippen LogP contribution is -2.35. The van der Waals surface area contributed by atoms with Gasteiger partial charge in [-0.25, -0.2) is 0 Å². The summed E-state index contributed by atoms with van der Waals surface area (Å²) in [6, 6.07) is 4.99. The van der Waals surface area contributed by atoms with E-state index < -0.39 is 18.8 Å². The standard InChI is InChI=1S/C9H8Br2F3NO/c10-5-1-2-7(6(11)3-5)15-4-8(16)9(12,13)14/h1-3,8,15-16H,4H2. The maximum Gasteiger partial charge on any atom is 0.416 e. The van der Waals surface area contributed by atoms with Crippen LogP contribution in [0.1, 0.15) is 0 Å². The van der Waals surface area contributed by atoms with Crippen molar-refractivity contribution in [2.45, 2.75) is 12.3 Å². The maximum absolute atomic E-state index is 12.0. The van der Waals surface area contributed by atoms with Crippen LogP contribution in [0.25, 0.3) is 0 Å². The molecule has 0 aliphatic heterocycles. The summed E-state index contributed by atoms with van der Waals surface area (Å²) in [6.45, 7) is -0.580. The van der Waals surface area contributed by atoms with Crippen LogP contribution in [0, 0.1) is 0 Å². The van der Waals surface area contributed by atoms with E-state index in [1.165, 1.54) is 0 Å². The van der Waals surface area contributed by atoms with Crippen molar-refractivity contribution in [3.63, 3.8) is 0 Å². The first-order valence-electron chi connectivity index (χ1n) is 4.24. The van der Waals surface area contributed by atoms with Gasteiger partial charge in [-0.3, -0.25) is 0 Å². The number of aliphatic hydroxyl groups is 1. The fourth-order valence-corrected chi connectivity index (χ4v) is 2.14. The first-order valence-corrected chi connectivity index (χ1v) is 5.83. The second kappa shape index (κ2) is 5.37. The molecule has 0 amide bonds. The molecule has 0 aliphatic carbocycles. The lowest BCUT2D eigenvalue weighted by molar-refractivity contribution is -0.198. The van der Waals surface area contributed by atoms with Gasteiger partial charge in [-0.1, -0.05) is 15.9 Å². The number of halogens is 5. The molecule has 1 rings (SSSR count). The summed E-state index contributed by atoms with van der Waals surface area (Å²) >= 11 is 6.41. The normalized spacial score (nSPS) is 13.6. The highest BCUT2D eigenvalue weighted by atomic mass is 79.9.